The summed E-state index contributed by atoms with van der Waals surface area (Å²) in [6.45, 7) is 2.30. The molecule has 0 radical (unpaired) electrons. The van der Waals surface area contributed by atoms with Gasteiger partial charge in [-0.2, -0.15) is 0 Å². The summed E-state index contributed by atoms with van der Waals surface area (Å²) in [5, 5.41) is 2.62. The highest BCUT2D eigenvalue weighted by atomic mass is 19.1. The van der Waals surface area contributed by atoms with Crippen molar-refractivity contribution in [3.63, 3.8) is 0 Å². The molecule has 6 nitrogen and oxygen atoms in total. The molecule has 1 aromatic rings. The number of hydrogen-bond donors (Lipinski definition) is 2. The summed E-state index contributed by atoms with van der Waals surface area (Å²) in [5.74, 6) is -3.36. The Morgan fingerprint density at radius 3 is 2.67 bits per heavy atom. The molecule has 0 spiro atoms. The van der Waals surface area contributed by atoms with Gasteiger partial charge < -0.3 is 15.8 Å². The third-order valence-corrected chi connectivity index (χ3v) is 3.71. The zero-order valence-corrected chi connectivity index (χ0v) is 15.5. The van der Waals surface area contributed by atoms with Crippen molar-refractivity contribution < 1.29 is 23.1 Å². The summed E-state index contributed by atoms with van der Waals surface area (Å²) in [6.07, 6.45) is 5.56. The number of unbranched alkanes of at least 4 members (excludes halogenated alkanes) is 1. The normalized spacial score (nSPS) is 13.6. The number of allylic oxidation sites excluding steroid dienone is 3. The second kappa shape index (κ2) is 11.9. The van der Waals surface area contributed by atoms with Crippen LogP contribution in [0, 0.1) is 0 Å². The van der Waals surface area contributed by atoms with E-state index in [9.17, 15) is 18.4 Å². The van der Waals surface area contributed by atoms with E-state index in [1.165, 1.54) is 19.3 Å². The predicted octanol–water partition coefficient (Wildman–Crippen LogP) is 2.97. The lowest BCUT2D eigenvalue weighted by atomic mass is 10.0. The molecule has 0 saturated carbocycles. The topological polar surface area (TPSA) is 94.3 Å². The Morgan fingerprint density at radius 2 is 2.11 bits per heavy atom. The highest BCUT2D eigenvalue weighted by molar-refractivity contribution is 5.97. The van der Waals surface area contributed by atoms with Gasteiger partial charge in [-0.3, -0.25) is 14.6 Å². The number of carbonyl (C=O) groups is 2. The largest absolute Gasteiger partial charge is 0.480 e. The first-order valence-corrected chi connectivity index (χ1v) is 8.65. The van der Waals surface area contributed by atoms with E-state index in [1.807, 2.05) is 0 Å². The van der Waals surface area contributed by atoms with Crippen LogP contribution in [-0.4, -0.2) is 35.9 Å². The number of nitrogens with two attached hydrogens (primary N) is 1. The minimum Gasteiger partial charge on any atom is -0.480 e. The van der Waals surface area contributed by atoms with Crippen LogP contribution in [0.3, 0.4) is 0 Å². The van der Waals surface area contributed by atoms with E-state index >= 15 is 0 Å². The van der Waals surface area contributed by atoms with Crippen LogP contribution in [0.1, 0.15) is 43.5 Å². The zero-order chi connectivity index (χ0) is 20.2. The van der Waals surface area contributed by atoms with Crippen LogP contribution < -0.4 is 11.1 Å². The second-order valence-corrected chi connectivity index (χ2v) is 5.81. The number of amides is 1. The molecule has 1 amide bonds. The Hall–Kier alpha value is -2.61. The zero-order valence-electron chi connectivity index (χ0n) is 15.5. The second-order valence-electron chi connectivity index (χ2n) is 5.81. The van der Waals surface area contributed by atoms with Crippen molar-refractivity contribution in [2.45, 2.75) is 39.2 Å². The molecule has 0 aliphatic carbocycles. The van der Waals surface area contributed by atoms with Crippen molar-refractivity contribution in [2.75, 3.05) is 13.2 Å². The highest BCUT2D eigenvalue weighted by Crippen LogP contribution is 2.19. The van der Waals surface area contributed by atoms with Crippen molar-refractivity contribution in [1.82, 2.24) is 10.3 Å². The maximum atomic E-state index is 13.6. The molecule has 0 fully saturated rings. The maximum absolute atomic E-state index is 13.6. The van der Waals surface area contributed by atoms with Crippen molar-refractivity contribution in [1.29, 1.82) is 0 Å². The van der Waals surface area contributed by atoms with Crippen LogP contribution in [0.2, 0.25) is 0 Å². The van der Waals surface area contributed by atoms with E-state index in [0.717, 1.165) is 13.0 Å². The number of carbonyl (C=O) groups excluding carboxylic acids is 2. The summed E-state index contributed by atoms with van der Waals surface area (Å²) in [5.41, 5.74) is 5.76. The van der Waals surface area contributed by atoms with Gasteiger partial charge in [-0.1, -0.05) is 0 Å². The highest BCUT2D eigenvalue weighted by Gasteiger charge is 2.23. The summed E-state index contributed by atoms with van der Waals surface area (Å²) in [4.78, 5) is 28.6. The molecule has 0 bridgehead atoms. The average Bonchev–Trinajstić information content (AvgIpc) is 2.67. The molecule has 3 N–H and O–H groups in total. The van der Waals surface area contributed by atoms with E-state index in [-0.39, 0.29) is 0 Å². The fourth-order valence-corrected chi connectivity index (χ4v) is 2.25. The van der Waals surface area contributed by atoms with Crippen molar-refractivity contribution in [3.8, 4) is 0 Å². The molecule has 8 heteroatoms. The van der Waals surface area contributed by atoms with E-state index in [2.05, 4.69) is 10.3 Å². The number of nitrogens with one attached hydrogen (secondary N) is 1. The Kier molecular flexibility index (Phi) is 9.89. The minimum atomic E-state index is -0.901. The Balaban J connectivity index is 2.81. The number of ether oxygens (including phenoxy) is 1. The number of ketones is 1. The van der Waals surface area contributed by atoms with Gasteiger partial charge in [0.25, 0.3) is 5.91 Å². The molecule has 148 valence electrons. The number of rotatable bonds is 11. The van der Waals surface area contributed by atoms with Gasteiger partial charge in [0.15, 0.2) is 17.4 Å². The third-order valence-electron chi connectivity index (χ3n) is 3.71. The summed E-state index contributed by atoms with van der Waals surface area (Å²) < 4.78 is 32.0. The molecule has 1 rings (SSSR count). The summed E-state index contributed by atoms with van der Waals surface area (Å²) in [6, 6.07) is 2.30. The van der Waals surface area contributed by atoms with Crippen LogP contribution >= 0.6 is 0 Å². The molecule has 1 aromatic heterocycles. The molecule has 1 heterocycles. The lowest BCUT2D eigenvalue weighted by Gasteiger charge is -2.18. The number of nitrogens with zero attached hydrogens (tertiary/aromatic N) is 1. The number of aromatic nitrogens is 1. The van der Waals surface area contributed by atoms with E-state index < -0.39 is 41.8 Å². The van der Waals surface area contributed by atoms with Crippen LogP contribution in [0.5, 0.6) is 0 Å². The first kappa shape index (κ1) is 22.4. The van der Waals surface area contributed by atoms with Gasteiger partial charge in [-0.25, -0.2) is 8.78 Å². The van der Waals surface area contributed by atoms with E-state index in [0.29, 0.717) is 31.4 Å². The first-order valence-electron chi connectivity index (χ1n) is 8.65. The lowest BCUT2D eigenvalue weighted by molar-refractivity contribution is -0.124. The van der Waals surface area contributed by atoms with Gasteiger partial charge in [-0.15, -0.1) is 0 Å². The molecule has 1 unspecified atom stereocenters. The first-order chi connectivity index (χ1) is 12.9. The Labute approximate surface area is 157 Å². The summed E-state index contributed by atoms with van der Waals surface area (Å²) >= 11 is 0. The third kappa shape index (κ3) is 7.65. The molecule has 1 atom stereocenters. The van der Waals surface area contributed by atoms with Crippen LogP contribution in [0.25, 0.3) is 0 Å². The smallest absolute Gasteiger partial charge is 0.253 e. The van der Waals surface area contributed by atoms with Crippen LogP contribution in [0.15, 0.2) is 48.0 Å². The van der Waals surface area contributed by atoms with Gasteiger partial charge in [-0.05, 0) is 57.9 Å². The van der Waals surface area contributed by atoms with Crippen molar-refractivity contribution >= 4 is 11.7 Å². The van der Waals surface area contributed by atoms with Crippen LogP contribution in [0.4, 0.5) is 8.78 Å². The SMILES string of the molecule is C/C=C(F)\C(OCC(=O)C(CCCCN)NC(=O)c1cccnc1)=C(/C)F. The van der Waals surface area contributed by atoms with Gasteiger partial charge in [0.1, 0.15) is 12.4 Å². The fourth-order valence-electron chi connectivity index (χ4n) is 2.25. The molecule has 27 heavy (non-hydrogen) atoms. The van der Waals surface area contributed by atoms with Crippen LogP contribution in [-0.2, 0) is 9.53 Å². The quantitative estimate of drug-likeness (QED) is 0.349. The van der Waals surface area contributed by atoms with Crippen molar-refractivity contribution in [3.05, 3.63) is 53.6 Å². The van der Waals surface area contributed by atoms with E-state index in [1.54, 1.807) is 12.1 Å². The van der Waals surface area contributed by atoms with Crippen molar-refractivity contribution in [2.24, 2.45) is 5.73 Å². The molecular formula is C19H25F2N3O3. The lowest BCUT2D eigenvalue weighted by Crippen LogP contribution is -2.42. The maximum Gasteiger partial charge on any atom is 0.253 e. The molecular weight excluding hydrogens is 356 g/mol. The van der Waals surface area contributed by atoms with Gasteiger partial charge >= 0.3 is 0 Å². The molecule has 0 aliphatic rings. The molecule has 0 aromatic carbocycles. The van der Waals surface area contributed by atoms with E-state index in [4.69, 9.17) is 10.5 Å². The number of pyridine rings is 1. The fraction of sp³-hybridized carbons (Fsp3) is 0.421. The molecule has 0 aliphatic heterocycles. The average molecular weight is 381 g/mol. The predicted molar refractivity (Wildman–Crippen MR) is 98.0 cm³/mol. The van der Waals surface area contributed by atoms with Gasteiger partial charge in [0.2, 0.25) is 0 Å². The Bertz CT molecular complexity index is 687. The van der Waals surface area contributed by atoms with Gasteiger partial charge in [0, 0.05) is 12.4 Å². The Morgan fingerprint density at radius 1 is 1.37 bits per heavy atom. The van der Waals surface area contributed by atoms with Gasteiger partial charge in [0.05, 0.1) is 11.6 Å². The number of hydrogen-bond acceptors (Lipinski definition) is 5. The minimum absolute atomic E-state index is 0.301. The standard InChI is InChI=1S/C19H25F2N3O3/c1-3-15(21)18(13(2)20)27-12-17(25)16(8-4-5-9-22)24-19(26)14-7-6-10-23-11-14/h3,6-7,10-11,16H,4-5,8-9,12,22H2,1-2H3,(H,24,26)/b15-3+,18-13-. The number of halogens is 2. The number of Topliss-reactive ketones (excluding diaryl/α,β-unsaturated/α-hetero) is 1. The monoisotopic (exact) mass is 381 g/mol. The molecule has 0 saturated heterocycles. The summed E-state index contributed by atoms with van der Waals surface area (Å²) in [7, 11) is 0.